The molecule has 0 aromatic heterocycles. The zero-order valence-corrected chi connectivity index (χ0v) is 16.5. The second kappa shape index (κ2) is 7.09. The van der Waals surface area contributed by atoms with E-state index in [4.69, 9.17) is 9.98 Å². The van der Waals surface area contributed by atoms with Crippen molar-refractivity contribution in [3.8, 4) is 0 Å². The van der Waals surface area contributed by atoms with E-state index in [-0.39, 0.29) is 0 Å². The molecule has 0 saturated carbocycles. The van der Waals surface area contributed by atoms with Gasteiger partial charge in [-0.25, -0.2) is 4.99 Å². The van der Waals surface area contributed by atoms with Crippen molar-refractivity contribution in [3.05, 3.63) is 76.9 Å². The molecule has 0 N–H and O–H groups in total. The molecular weight excluding hydrogens is 330 g/mol. The fourth-order valence-corrected chi connectivity index (χ4v) is 3.72. The van der Waals surface area contributed by atoms with Gasteiger partial charge in [-0.1, -0.05) is 54.6 Å². The van der Waals surface area contributed by atoms with Gasteiger partial charge in [0.25, 0.3) is 0 Å². The van der Waals surface area contributed by atoms with Crippen LogP contribution in [0.1, 0.15) is 22.3 Å². The molecule has 3 aromatic carbocycles. The maximum Gasteiger partial charge on any atom is 0.0974 e. The third kappa shape index (κ3) is 3.19. The van der Waals surface area contributed by atoms with Crippen molar-refractivity contribution >= 4 is 27.9 Å². The number of benzene rings is 3. The van der Waals surface area contributed by atoms with Gasteiger partial charge in [-0.2, -0.15) is 0 Å². The van der Waals surface area contributed by atoms with E-state index in [1.807, 2.05) is 0 Å². The molecule has 0 fully saturated rings. The van der Waals surface area contributed by atoms with Gasteiger partial charge in [0.2, 0.25) is 0 Å². The summed E-state index contributed by atoms with van der Waals surface area (Å²) in [6.07, 6.45) is 0. The van der Waals surface area contributed by atoms with E-state index in [0.717, 1.165) is 30.2 Å². The number of nitrogens with zero attached hydrogens (tertiary/aromatic N) is 3. The molecule has 0 unspecified atom stereocenters. The van der Waals surface area contributed by atoms with E-state index in [1.54, 1.807) is 0 Å². The average molecular weight is 355 g/mol. The van der Waals surface area contributed by atoms with Gasteiger partial charge >= 0.3 is 0 Å². The fraction of sp³-hybridized carbons (Fsp3) is 0.250. The molecule has 4 rings (SSSR count). The Balaban J connectivity index is 1.93. The quantitative estimate of drug-likeness (QED) is 0.651. The van der Waals surface area contributed by atoms with Gasteiger partial charge in [-0.15, -0.1) is 0 Å². The third-order valence-corrected chi connectivity index (χ3v) is 5.12. The summed E-state index contributed by atoms with van der Waals surface area (Å²) in [7, 11) is 4.16. The highest BCUT2D eigenvalue weighted by atomic mass is 15.1. The molecule has 3 aromatic rings. The van der Waals surface area contributed by atoms with Crippen molar-refractivity contribution in [1.82, 2.24) is 4.90 Å². The van der Waals surface area contributed by atoms with Crippen LogP contribution in [0.4, 0.5) is 5.69 Å². The summed E-state index contributed by atoms with van der Waals surface area (Å²) in [6.45, 7) is 5.93. The lowest BCUT2D eigenvalue weighted by molar-refractivity contribution is 0.420. The maximum atomic E-state index is 5.15. The minimum absolute atomic E-state index is 0.762. The first-order chi connectivity index (χ1) is 13.1. The van der Waals surface area contributed by atoms with E-state index in [9.17, 15) is 0 Å². The van der Waals surface area contributed by atoms with Crippen LogP contribution in [-0.4, -0.2) is 43.5 Å². The highest BCUT2D eigenvalue weighted by Crippen LogP contribution is 2.34. The number of aliphatic imine (C=N–C) groups is 2. The smallest absolute Gasteiger partial charge is 0.0974 e. The van der Waals surface area contributed by atoms with Gasteiger partial charge in [0.05, 0.1) is 23.7 Å². The molecule has 0 saturated heterocycles. The van der Waals surface area contributed by atoms with Crippen LogP contribution in [0, 0.1) is 13.8 Å². The minimum Gasteiger partial charge on any atom is -0.308 e. The lowest BCUT2D eigenvalue weighted by Crippen LogP contribution is -2.18. The van der Waals surface area contributed by atoms with E-state index in [2.05, 4.69) is 87.4 Å². The summed E-state index contributed by atoms with van der Waals surface area (Å²) in [5, 5.41) is 2.52. The van der Waals surface area contributed by atoms with Crippen molar-refractivity contribution in [2.24, 2.45) is 9.98 Å². The van der Waals surface area contributed by atoms with Crippen molar-refractivity contribution in [2.75, 3.05) is 27.2 Å². The Morgan fingerprint density at radius 3 is 2.00 bits per heavy atom. The van der Waals surface area contributed by atoms with Gasteiger partial charge in [0.15, 0.2) is 0 Å². The highest BCUT2D eigenvalue weighted by Gasteiger charge is 2.27. The first-order valence-corrected chi connectivity index (χ1v) is 9.43. The van der Waals surface area contributed by atoms with Crippen LogP contribution in [0.5, 0.6) is 0 Å². The average Bonchev–Trinajstić information content (AvgIpc) is 2.94. The van der Waals surface area contributed by atoms with Crippen LogP contribution in [0.2, 0.25) is 0 Å². The van der Waals surface area contributed by atoms with Gasteiger partial charge < -0.3 is 4.90 Å². The Labute approximate surface area is 161 Å². The van der Waals surface area contributed by atoms with Crippen LogP contribution in [0.3, 0.4) is 0 Å². The predicted molar refractivity (Wildman–Crippen MR) is 116 cm³/mol. The van der Waals surface area contributed by atoms with Gasteiger partial charge in [-0.3, -0.25) is 4.99 Å². The number of likely N-dealkylation sites (N-methyl/N-ethyl adjacent to an activating group) is 1. The molecule has 0 atom stereocenters. The monoisotopic (exact) mass is 355 g/mol. The Bertz CT molecular complexity index is 1050. The van der Waals surface area contributed by atoms with Crippen molar-refractivity contribution in [2.45, 2.75) is 13.8 Å². The van der Waals surface area contributed by atoms with Gasteiger partial charge in [-0.05, 0) is 44.5 Å². The Morgan fingerprint density at radius 2 is 1.37 bits per heavy atom. The number of aryl methyl sites for hydroxylation is 2. The van der Waals surface area contributed by atoms with Crippen molar-refractivity contribution < 1.29 is 0 Å². The second-order valence-electron chi connectivity index (χ2n) is 7.44. The predicted octanol–water partition coefficient (Wildman–Crippen LogP) is 4.94. The fourth-order valence-electron chi connectivity index (χ4n) is 3.72. The van der Waals surface area contributed by atoms with Crippen LogP contribution >= 0.6 is 0 Å². The Kier molecular flexibility index (Phi) is 4.63. The summed E-state index contributed by atoms with van der Waals surface area (Å²) in [5.41, 5.74) is 7.85. The van der Waals surface area contributed by atoms with Crippen LogP contribution in [0.25, 0.3) is 10.8 Å². The van der Waals surface area contributed by atoms with E-state index >= 15 is 0 Å². The SMILES string of the molecule is Cc1cccc(C)c1N=C1C(=NCCN(C)C)c2cccc3cccc1c23. The zero-order valence-electron chi connectivity index (χ0n) is 16.5. The topological polar surface area (TPSA) is 28.0 Å². The van der Waals surface area contributed by atoms with E-state index < -0.39 is 0 Å². The van der Waals surface area contributed by atoms with E-state index in [0.29, 0.717) is 0 Å². The molecule has 0 heterocycles. The summed E-state index contributed by atoms with van der Waals surface area (Å²) in [6, 6.07) is 19.2. The summed E-state index contributed by atoms with van der Waals surface area (Å²) >= 11 is 0. The molecular formula is C24H25N3. The maximum absolute atomic E-state index is 5.15. The molecule has 0 bridgehead atoms. The Morgan fingerprint density at radius 1 is 0.778 bits per heavy atom. The molecule has 136 valence electrons. The zero-order chi connectivity index (χ0) is 19.0. The molecule has 0 amide bonds. The lowest BCUT2D eigenvalue weighted by atomic mass is 10.1. The molecule has 3 nitrogen and oxygen atoms in total. The van der Waals surface area contributed by atoms with Crippen LogP contribution in [-0.2, 0) is 0 Å². The normalized spacial score (nSPS) is 16.2. The minimum atomic E-state index is 0.762. The van der Waals surface area contributed by atoms with Crippen LogP contribution < -0.4 is 0 Å². The molecule has 0 spiro atoms. The third-order valence-electron chi connectivity index (χ3n) is 5.12. The van der Waals surface area contributed by atoms with Crippen LogP contribution in [0.15, 0.2) is 64.6 Å². The number of para-hydroxylation sites is 1. The van der Waals surface area contributed by atoms with E-state index in [1.165, 1.54) is 33.0 Å². The summed E-state index contributed by atoms with van der Waals surface area (Å²) < 4.78 is 0. The highest BCUT2D eigenvalue weighted by molar-refractivity contribution is 6.61. The first kappa shape index (κ1) is 17.6. The Hall–Kier alpha value is -2.78. The molecule has 0 aliphatic heterocycles. The molecule has 27 heavy (non-hydrogen) atoms. The van der Waals surface area contributed by atoms with Gasteiger partial charge in [0.1, 0.15) is 0 Å². The van der Waals surface area contributed by atoms with Crippen molar-refractivity contribution in [1.29, 1.82) is 0 Å². The first-order valence-electron chi connectivity index (χ1n) is 9.43. The summed E-state index contributed by atoms with van der Waals surface area (Å²) in [4.78, 5) is 12.3. The second-order valence-corrected chi connectivity index (χ2v) is 7.44. The standard InChI is InChI=1S/C24H25N3/c1-16-8-5-9-17(2)22(16)26-24-20-13-7-11-18-10-6-12-19(21(18)20)23(24)25-14-15-27(3)4/h5-13H,14-15H2,1-4H3. The van der Waals surface area contributed by atoms with Gasteiger partial charge in [0, 0.05) is 23.1 Å². The number of hydrogen-bond acceptors (Lipinski definition) is 3. The summed E-state index contributed by atoms with van der Waals surface area (Å²) in [5.74, 6) is 0. The molecule has 0 radical (unpaired) electrons. The number of rotatable bonds is 4. The molecule has 1 aliphatic rings. The largest absolute Gasteiger partial charge is 0.308 e. The molecule has 1 aliphatic carbocycles. The number of hydrogen-bond donors (Lipinski definition) is 0. The molecule has 3 heteroatoms. The van der Waals surface area contributed by atoms with Crippen molar-refractivity contribution in [3.63, 3.8) is 0 Å². The lowest BCUT2D eigenvalue weighted by Gasteiger charge is -2.09.